The molecule has 0 aliphatic carbocycles. The Bertz CT molecular complexity index is 896. The van der Waals surface area contributed by atoms with Crippen molar-refractivity contribution < 1.29 is 9.53 Å². The summed E-state index contributed by atoms with van der Waals surface area (Å²) in [7, 11) is 0. The lowest BCUT2D eigenvalue weighted by Gasteiger charge is -2.31. The highest BCUT2D eigenvalue weighted by atomic mass is 32.1. The third-order valence-corrected chi connectivity index (χ3v) is 4.96. The van der Waals surface area contributed by atoms with Crippen LogP contribution in [0.4, 0.5) is 0 Å². The lowest BCUT2D eigenvalue weighted by atomic mass is 9.85. The zero-order chi connectivity index (χ0) is 20.3. The van der Waals surface area contributed by atoms with Gasteiger partial charge in [0.25, 0.3) is 0 Å². The van der Waals surface area contributed by atoms with Crippen LogP contribution in [0.25, 0.3) is 5.70 Å². The number of thiocarbonyl (C=S) groups is 1. The highest BCUT2D eigenvalue weighted by molar-refractivity contribution is 7.80. The molecule has 0 fully saturated rings. The Morgan fingerprint density at radius 2 is 1.71 bits per heavy atom. The number of hydrogen-bond donors (Lipinski definition) is 2. The Hall–Kier alpha value is -2.66. The Morgan fingerprint density at radius 1 is 1.07 bits per heavy atom. The molecule has 2 aromatic carbocycles. The van der Waals surface area contributed by atoms with Gasteiger partial charge in [-0.2, -0.15) is 0 Å². The monoisotopic (exact) mass is 394 g/mol. The topological polar surface area (TPSA) is 50.4 Å². The van der Waals surface area contributed by atoms with Crippen LogP contribution in [-0.2, 0) is 14.9 Å². The molecule has 2 aromatic rings. The molecule has 0 spiro atoms. The molecule has 28 heavy (non-hydrogen) atoms. The highest BCUT2D eigenvalue weighted by Crippen LogP contribution is 2.33. The fraction of sp³-hybridized carbons (Fsp3) is 0.304. The minimum atomic E-state index is -0.378. The summed E-state index contributed by atoms with van der Waals surface area (Å²) in [6, 6.07) is 17.6. The maximum absolute atomic E-state index is 12.9. The molecule has 0 radical (unpaired) electrons. The van der Waals surface area contributed by atoms with E-state index in [9.17, 15) is 4.79 Å². The van der Waals surface area contributed by atoms with Crippen molar-refractivity contribution >= 4 is 29.0 Å². The summed E-state index contributed by atoms with van der Waals surface area (Å²) >= 11 is 5.44. The van der Waals surface area contributed by atoms with Gasteiger partial charge < -0.3 is 15.4 Å². The molecule has 1 atom stereocenters. The van der Waals surface area contributed by atoms with Gasteiger partial charge in [-0.15, -0.1) is 0 Å². The van der Waals surface area contributed by atoms with E-state index in [1.807, 2.05) is 49.4 Å². The summed E-state index contributed by atoms with van der Waals surface area (Å²) in [4.78, 5) is 12.9. The van der Waals surface area contributed by atoms with Crippen LogP contribution in [0, 0.1) is 0 Å². The van der Waals surface area contributed by atoms with Crippen molar-refractivity contribution in [2.24, 2.45) is 0 Å². The Morgan fingerprint density at radius 3 is 2.29 bits per heavy atom. The molecule has 0 amide bonds. The van der Waals surface area contributed by atoms with Crippen molar-refractivity contribution in [1.82, 2.24) is 10.6 Å². The second-order valence-electron chi connectivity index (χ2n) is 7.78. The van der Waals surface area contributed by atoms with Gasteiger partial charge in [0.2, 0.25) is 0 Å². The first-order valence-electron chi connectivity index (χ1n) is 9.46. The van der Waals surface area contributed by atoms with Crippen LogP contribution >= 0.6 is 12.2 Å². The maximum atomic E-state index is 12.9. The number of nitrogens with one attached hydrogen (secondary N) is 2. The summed E-state index contributed by atoms with van der Waals surface area (Å²) in [5.41, 5.74) is 4.37. The van der Waals surface area contributed by atoms with Crippen molar-refractivity contribution in [2.45, 2.75) is 39.2 Å². The summed E-state index contributed by atoms with van der Waals surface area (Å²) in [5, 5.41) is 6.88. The van der Waals surface area contributed by atoms with Gasteiger partial charge >= 0.3 is 5.97 Å². The molecule has 0 bridgehead atoms. The molecule has 3 rings (SSSR count). The van der Waals surface area contributed by atoms with Crippen molar-refractivity contribution in [3.63, 3.8) is 0 Å². The number of rotatable bonds is 4. The number of carbonyl (C=O) groups excluding carboxylic acids is 1. The minimum absolute atomic E-state index is 0.0599. The van der Waals surface area contributed by atoms with Crippen LogP contribution in [0.15, 0.2) is 60.2 Å². The average Bonchev–Trinajstić information content (AvgIpc) is 2.67. The molecule has 1 aliphatic heterocycles. The van der Waals surface area contributed by atoms with E-state index in [1.54, 1.807) is 0 Å². The first-order chi connectivity index (χ1) is 13.3. The van der Waals surface area contributed by atoms with Crippen LogP contribution in [0.2, 0.25) is 0 Å². The van der Waals surface area contributed by atoms with E-state index in [1.165, 1.54) is 5.56 Å². The third-order valence-electron chi connectivity index (χ3n) is 4.74. The van der Waals surface area contributed by atoms with E-state index in [0.717, 1.165) is 11.1 Å². The molecule has 1 aliphatic rings. The third kappa shape index (κ3) is 4.25. The smallest absolute Gasteiger partial charge is 0.338 e. The quantitative estimate of drug-likeness (QED) is 0.592. The van der Waals surface area contributed by atoms with Gasteiger partial charge in [0.15, 0.2) is 5.11 Å². The lowest BCUT2D eigenvalue weighted by molar-refractivity contribution is -0.138. The fourth-order valence-corrected chi connectivity index (χ4v) is 3.47. The Balaban J connectivity index is 2.12. The van der Waals surface area contributed by atoms with Crippen LogP contribution in [-0.4, -0.2) is 17.7 Å². The van der Waals surface area contributed by atoms with Gasteiger partial charge in [-0.05, 0) is 41.2 Å². The standard InChI is InChI=1S/C23H26N2O2S/c1-5-27-21(26)18-19(15-9-7-6-8-10-15)24-22(28)25-20(18)16-11-13-17(14-12-16)23(2,3)4/h6-14,20H,5H2,1-4H3,(H2,24,25,28)/t20-/m0/s1. The van der Waals surface area contributed by atoms with Crippen molar-refractivity contribution in [3.8, 4) is 0 Å². The van der Waals surface area contributed by atoms with Crippen molar-refractivity contribution in [2.75, 3.05) is 6.61 Å². The van der Waals surface area contributed by atoms with Crippen LogP contribution in [0.5, 0.6) is 0 Å². The summed E-state index contributed by atoms with van der Waals surface area (Å²) in [5.74, 6) is -0.353. The molecule has 0 saturated heterocycles. The van der Waals surface area contributed by atoms with E-state index < -0.39 is 0 Å². The molecule has 0 unspecified atom stereocenters. The number of carbonyl (C=O) groups is 1. The Kier molecular flexibility index (Phi) is 5.84. The van der Waals surface area contributed by atoms with E-state index in [0.29, 0.717) is 23.0 Å². The molecule has 0 aromatic heterocycles. The highest BCUT2D eigenvalue weighted by Gasteiger charge is 2.33. The van der Waals surface area contributed by atoms with E-state index in [4.69, 9.17) is 17.0 Å². The van der Waals surface area contributed by atoms with Gasteiger partial charge in [-0.3, -0.25) is 0 Å². The van der Waals surface area contributed by atoms with Crippen LogP contribution < -0.4 is 10.6 Å². The largest absolute Gasteiger partial charge is 0.463 e. The van der Waals surface area contributed by atoms with Crippen molar-refractivity contribution in [1.29, 1.82) is 0 Å². The summed E-state index contributed by atoms with van der Waals surface area (Å²) in [6.45, 7) is 8.65. The van der Waals surface area contributed by atoms with Crippen LogP contribution in [0.3, 0.4) is 0 Å². The molecule has 2 N–H and O–H groups in total. The fourth-order valence-electron chi connectivity index (χ4n) is 3.25. The molecule has 146 valence electrons. The summed E-state index contributed by atoms with van der Waals surface area (Å²) < 4.78 is 5.38. The molecule has 0 saturated carbocycles. The van der Waals surface area contributed by atoms with Crippen LogP contribution in [0.1, 0.15) is 50.4 Å². The van der Waals surface area contributed by atoms with Gasteiger partial charge in [-0.1, -0.05) is 75.4 Å². The second kappa shape index (κ2) is 8.15. The normalized spacial score (nSPS) is 17.0. The molecular weight excluding hydrogens is 368 g/mol. The van der Waals surface area contributed by atoms with Gasteiger partial charge in [0.1, 0.15) is 0 Å². The SMILES string of the molecule is CCOC(=O)C1=C(c2ccccc2)NC(=S)N[C@H]1c1ccc(C(C)(C)C)cc1. The van der Waals surface area contributed by atoms with Crippen molar-refractivity contribution in [3.05, 3.63) is 76.9 Å². The number of hydrogen-bond acceptors (Lipinski definition) is 3. The summed E-state index contributed by atoms with van der Waals surface area (Å²) in [6.07, 6.45) is 0. The van der Waals surface area contributed by atoms with E-state index >= 15 is 0 Å². The van der Waals surface area contributed by atoms with E-state index in [2.05, 4.69) is 43.5 Å². The number of benzene rings is 2. The molecular formula is C23H26N2O2S. The average molecular weight is 395 g/mol. The number of esters is 1. The Labute approximate surface area is 172 Å². The van der Waals surface area contributed by atoms with Gasteiger partial charge in [0, 0.05) is 0 Å². The van der Waals surface area contributed by atoms with Gasteiger partial charge in [-0.25, -0.2) is 4.79 Å². The lowest BCUT2D eigenvalue weighted by Crippen LogP contribution is -2.45. The molecule has 4 nitrogen and oxygen atoms in total. The first-order valence-corrected chi connectivity index (χ1v) is 9.86. The zero-order valence-corrected chi connectivity index (χ0v) is 17.5. The maximum Gasteiger partial charge on any atom is 0.338 e. The molecule has 5 heteroatoms. The number of ether oxygens (including phenoxy) is 1. The van der Waals surface area contributed by atoms with E-state index in [-0.39, 0.29) is 17.4 Å². The first kappa shape index (κ1) is 20.1. The molecule has 1 heterocycles. The predicted octanol–water partition coefficient (Wildman–Crippen LogP) is 4.48. The minimum Gasteiger partial charge on any atom is -0.463 e. The predicted molar refractivity (Wildman–Crippen MR) is 117 cm³/mol. The van der Waals surface area contributed by atoms with Gasteiger partial charge in [0.05, 0.1) is 23.9 Å². The zero-order valence-electron chi connectivity index (χ0n) is 16.7. The second-order valence-corrected chi connectivity index (χ2v) is 8.19.